The van der Waals surface area contributed by atoms with E-state index in [0.717, 1.165) is 0 Å². The fourth-order valence-corrected chi connectivity index (χ4v) is 2.79. The van der Waals surface area contributed by atoms with Gasteiger partial charge in [0.2, 0.25) is 0 Å². The van der Waals surface area contributed by atoms with Crippen LogP contribution < -0.4 is 20.1 Å². The van der Waals surface area contributed by atoms with Gasteiger partial charge in [0, 0.05) is 11.3 Å². The Kier molecular flexibility index (Phi) is 6.86. The molecule has 0 saturated carbocycles. The molecule has 0 aliphatic heterocycles. The van der Waals surface area contributed by atoms with Gasteiger partial charge in [-0.05, 0) is 61.5 Å². The van der Waals surface area contributed by atoms with E-state index in [1.807, 2.05) is 12.1 Å². The molecule has 2 N–H and O–H groups in total. The molecule has 3 rings (SSSR count). The van der Waals surface area contributed by atoms with Crippen LogP contribution in [0.2, 0.25) is 0 Å². The third-order valence-electron chi connectivity index (χ3n) is 4.42. The largest absolute Gasteiger partial charge is 0.495 e. The summed E-state index contributed by atoms with van der Waals surface area (Å²) in [6.45, 7) is 1.61. The normalized spacial score (nSPS) is 11.0. The van der Waals surface area contributed by atoms with Crippen molar-refractivity contribution >= 4 is 23.2 Å². The van der Waals surface area contributed by atoms with E-state index in [-0.39, 0.29) is 11.8 Å². The minimum Gasteiger partial charge on any atom is -0.495 e. The van der Waals surface area contributed by atoms with E-state index >= 15 is 0 Å². The summed E-state index contributed by atoms with van der Waals surface area (Å²) in [6.07, 6.45) is -0.775. The highest BCUT2D eigenvalue weighted by molar-refractivity contribution is 6.05. The van der Waals surface area contributed by atoms with Crippen molar-refractivity contribution in [2.45, 2.75) is 13.0 Å². The van der Waals surface area contributed by atoms with Crippen LogP contribution in [-0.4, -0.2) is 25.0 Å². The summed E-state index contributed by atoms with van der Waals surface area (Å²) < 4.78 is 10.8. The summed E-state index contributed by atoms with van der Waals surface area (Å²) >= 11 is 0. The van der Waals surface area contributed by atoms with Crippen molar-refractivity contribution in [3.8, 4) is 17.6 Å². The molecule has 1 unspecified atom stereocenters. The van der Waals surface area contributed by atoms with Gasteiger partial charge in [0.1, 0.15) is 11.5 Å². The van der Waals surface area contributed by atoms with Crippen molar-refractivity contribution in [2.75, 3.05) is 17.7 Å². The average Bonchev–Trinajstić information content (AvgIpc) is 2.80. The number of nitrogens with one attached hydrogen (secondary N) is 2. The zero-order chi connectivity index (χ0) is 22.2. The Hall–Kier alpha value is -4.31. The van der Waals surface area contributed by atoms with Gasteiger partial charge in [-0.2, -0.15) is 5.26 Å². The molecule has 0 aliphatic carbocycles. The van der Waals surface area contributed by atoms with E-state index in [1.54, 1.807) is 73.7 Å². The molecule has 1 atom stereocenters. The van der Waals surface area contributed by atoms with Crippen molar-refractivity contribution in [3.63, 3.8) is 0 Å². The number of carbonyl (C=O) groups is 2. The number of anilines is 2. The molecule has 0 radical (unpaired) electrons. The smallest absolute Gasteiger partial charge is 0.265 e. The van der Waals surface area contributed by atoms with E-state index in [2.05, 4.69) is 10.6 Å². The Balaban J connectivity index is 1.60. The van der Waals surface area contributed by atoms with Crippen LogP contribution in [0.1, 0.15) is 22.8 Å². The van der Waals surface area contributed by atoms with Gasteiger partial charge in [0.15, 0.2) is 6.10 Å². The minimum atomic E-state index is -0.775. The summed E-state index contributed by atoms with van der Waals surface area (Å²) in [7, 11) is 1.54. The first kappa shape index (κ1) is 21.4. The van der Waals surface area contributed by atoms with Crippen LogP contribution >= 0.6 is 0 Å². The lowest BCUT2D eigenvalue weighted by Gasteiger charge is -2.15. The molecule has 3 aromatic carbocycles. The zero-order valence-corrected chi connectivity index (χ0v) is 17.1. The van der Waals surface area contributed by atoms with Gasteiger partial charge in [-0.1, -0.05) is 18.2 Å². The first-order valence-electron chi connectivity index (χ1n) is 9.52. The zero-order valence-electron chi connectivity index (χ0n) is 17.1. The van der Waals surface area contributed by atoms with Crippen LogP contribution in [0, 0.1) is 11.3 Å². The highest BCUT2D eigenvalue weighted by Gasteiger charge is 2.16. The highest BCUT2D eigenvalue weighted by Crippen LogP contribution is 2.24. The Labute approximate surface area is 180 Å². The number of hydrogen-bond donors (Lipinski definition) is 2. The SMILES string of the molecule is COc1ccccc1NC(=O)c1ccc(NC(=O)C(C)Oc2cccc(C#N)c2)cc1. The number of amides is 2. The van der Waals surface area contributed by atoms with Gasteiger partial charge >= 0.3 is 0 Å². The van der Waals surface area contributed by atoms with Gasteiger partial charge in [-0.25, -0.2) is 0 Å². The lowest BCUT2D eigenvalue weighted by atomic mass is 10.1. The first-order chi connectivity index (χ1) is 15.0. The number of hydrogen-bond acceptors (Lipinski definition) is 5. The molecule has 0 saturated heterocycles. The van der Waals surface area contributed by atoms with E-state index in [0.29, 0.717) is 34.0 Å². The number of rotatable bonds is 7. The fourth-order valence-electron chi connectivity index (χ4n) is 2.79. The number of methoxy groups -OCH3 is 1. The molecule has 0 aliphatic rings. The van der Waals surface area contributed by atoms with Crippen LogP contribution in [0.25, 0.3) is 0 Å². The van der Waals surface area contributed by atoms with Crippen molar-refractivity contribution in [1.82, 2.24) is 0 Å². The predicted octanol–water partition coefficient (Wildman–Crippen LogP) is 4.23. The predicted molar refractivity (Wildman–Crippen MR) is 117 cm³/mol. The quantitative estimate of drug-likeness (QED) is 0.602. The standard InChI is InChI=1S/C24H21N3O4/c1-16(31-20-7-5-6-17(14-20)15-25)23(28)26-19-12-10-18(11-13-19)24(29)27-21-8-3-4-9-22(21)30-2/h3-14,16H,1-2H3,(H,26,28)(H,27,29). The Bertz CT molecular complexity index is 1120. The maximum absolute atomic E-state index is 12.5. The number of nitrogens with zero attached hydrogens (tertiary/aromatic N) is 1. The monoisotopic (exact) mass is 415 g/mol. The highest BCUT2D eigenvalue weighted by atomic mass is 16.5. The van der Waals surface area contributed by atoms with E-state index in [9.17, 15) is 9.59 Å². The summed E-state index contributed by atoms with van der Waals surface area (Å²) in [5.41, 5.74) is 1.98. The van der Waals surface area contributed by atoms with Gasteiger partial charge < -0.3 is 20.1 Å². The van der Waals surface area contributed by atoms with Gasteiger partial charge in [-0.3, -0.25) is 9.59 Å². The average molecular weight is 415 g/mol. The van der Waals surface area contributed by atoms with Crippen LogP contribution in [0.5, 0.6) is 11.5 Å². The Morgan fingerprint density at radius 1 is 0.968 bits per heavy atom. The van der Waals surface area contributed by atoms with Gasteiger partial charge in [0.25, 0.3) is 11.8 Å². The minimum absolute atomic E-state index is 0.295. The molecule has 0 heterocycles. The number of ether oxygens (including phenoxy) is 2. The summed E-state index contributed by atoms with van der Waals surface area (Å²) in [5.74, 6) is 0.351. The lowest BCUT2D eigenvalue weighted by molar-refractivity contribution is -0.122. The van der Waals surface area contributed by atoms with Crippen LogP contribution in [0.15, 0.2) is 72.8 Å². The van der Waals surface area contributed by atoms with Crippen molar-refractivity contribution in [2.24, 2.45) is 0 Å². The Morgan fingerprint density at radius 2 is 1.71 bits per heavy atom. The third kappa shape index (κ3) is 5.61. The number of nitriles is 1. The lowest BCUT2D eigenvalue weighted by Crippen LogP contribution is -2.30. The van der Waals surface area contributed by atoms with Crippen molar-refractivity contribution in [1.29, 1.82) is 5.26 Å². The van der Waals surface area contributed by atoms with Crippen molar-refractivity contribution < 1.29 is 19.1 Å². The van der Waals surface area contributed by atoms with Crippen molar-refractivity contribution in [3.05, 3.63) is 83.9 Å². The molecule has 0 aromatic heterocycles. The third-order valence-corrected chi connectivity index (χ3v) is 4.42. The van der Waals surface area contributed by atoms with Gasteiger partial charge in [-0.15, -0.1) is 0 Å². The summed E-state index contributed by atoms with van der Waals surface area (Å²) in [5, 5.41) is 14.5. The molecule has 0 bridgehead atoms. The summed E-state index contributed by atoms with van der Waals surface area (Å²) in [6, 6.07) is 22.2. The molecule has 156 valence electrons. The molecular formula is C24H21N3O4. The molecule has 7 heteroatoms. The maximum atomic E-state index is 12.5. The van der Waals surface area contributed by atoms with Crippen LogP contribution in [0.3, 0.4) is 0 Å². The summed E-state index contributed by atoms with van der Waals surface area (Å²) in [4.78, 5) is 24.9. The van der Waals surface area contributed by atoms with E-state index < -0.39 is 6.10 Å². The molecule has 31 heavy (non-hydrogen) atoms. The van der Waals surface area contributed by atoms with E-state index in [4.69, 9.17) is 14.7 Å². The molecule has 0 spiro atoms. The second kappa shape index (κ2) is 9.94. The molecule has 2 amide bonds. The molecule has 3 aromatic rings. The topological polar surface area (TPSA) is 100 Å². The molecular weight excluding hydrogens is 394 g/mol. The Morgan fingerprint density at radius 3 is 2.42 bits per heavy atom. The molecule has 7 nitrogen and oxygen atoms in total. The van der Waals surface area contributed by atoms with E-state index in [1.165, 1.54) is 7.11 Å². The number of benzene rings is 3. The second-order valence-electron chi connectivity index (χ2n) is 6.62. The van der Waals surface area contributed by atoms with Gasteiger partial charge in [0.05, 0.1) is 24.4 Å². The molecule has 0 fully saturated rings. The number of carbonyl (C=O) groups excluding carboxylic acids is 2. The fraction of sp³-hybridized carbons (Fsp3) is 0.125. The van der Waals surface area contributed by atoms with Crippen LogP contribution in [0.4, 0.5) is 11.4 Å². The maximum Gasteiger partial charge on any atom is 0.265 e. The van der Waals surface area contributed by atoms with Crippen LogP contribution in [-0.2, 0) is 4.79 Å². The first-order valence-corrected chi connectivity index (χ1v) is 9.52. The second-order valence-corrected chi connectivity index (χ2v) is 6.62. The number of para-hydroxylation sites is 2.